The van der Waals surface area contributed by atoms with Gasteiger partial charge in [-0.25, -0.2) is 9.59 Å². The lowest BCUT2D eigenvalue weighted by Crippen LogP contribution is -2.31. The average Bonchev–Trinajstić information content (AvgIpc) is 2.56. The lowest BCUT2D eigenvalue weighted by atomic mass is 10.1. The third-order valence-electron chi connectivity index (χ3n) is 3.35. The SMILES string of the molecule is COC(=O)Nc1ccc(NC(=O)NC(C)c2ccc(Cl)cc2Cl)cc1. The molecule has 1 unspecified atom stereocenters. The third-order valence-corrected chi connectivity index (χ3v) is 3.91. The molecule has 6 nitrogen and oxygen atoms in total. The van der Waals surface area contributed by atoms with Crippen molar-refractivity contribution in [3.63, 3.8) is 0 Å². The van der Waals surface area contributed by atoms with Gasteiger partial charge in [0.15, 0.2) is 0 Å². The van der Waals surface area contributed by atoms with Gasteiger partial charge in [0, 0.05) is 21.4 Å². The van der Waals surface area contributed by atoms with E-state index in [1.807, 2.05) is 6.92 Å². The van der Waals surface area contributed by atoms with Crippen LogP contribution in [0.1, 0.15) is 18.5 Å². The summed E-state index contributed by atoms with van der Waals surface area (Å²) >= 11 is 12.0. The number of carbonyl (C=O) groups is 2. The number of urea groups is 1. The molecule has 0 aromatic heterocycles. The minimum atomic E-state index is -0.563. The highest BCUT2D eigenvalue weighted by molar-refractivity contribution is 6.35. The minimum Gasteiger partial charge on any atom is -0.453 e. The zero-order chi connectivity index (χ0) is 18.4. The van der Waals surface area contributed by atoms with E-state index < -0.39 is 6.09 Å². The molecule has 132 valence electrons. The summed E-state index contributed by atoms with van der Waals surface area (Å²) in [6, 6.07) is 11.0. The second kappa shape index (κ2) is 8.60. The maximum Gasteiger partial charge on any atom is 0.411 e. The second-order valence-electron chi connectivity index (χ2n) is 5.18. The van der Waals surface area contributed by atoms with Crippen LogP contribution in [-0.4, -0.2) is 19.2 Å². The maximum absolute atomic E-state index is 12.1. The van der Waals surface area contributed by atoms with Gasteiger partial charge < -0.3 is 15.4 Å². The van der Waals surface area contributed by atoms with Gasteiger partial charge in [0.05, 0.1) is 13.2 Å². The number of benzene rings is 2. The fourth-order valence-electron chi connectivity index (χ4n) is 2.10. The molecule has 0 heterocycles. The molecule has 1 atom stereocenters. The molecule has 3 amide bonds. The molecule has 2 aromatic carbocycles. The van der Waals surface area contributed by atoms with E-state index in [0.717, 1.165) is 5.56 Å². The van der Waals surface area contributed by atoms with Gasteiger partial charge in [-0.1, -0.05) is 29.3 Å². The molecule has 0 aliphatic carbocycles. The Balaban J connectivity index is 1.94. The van der Waals surface area contributed by atoms with Crippen molar-refractivity contribution in [3.8, 4) is 0 Å². The van der Waals surface area contributed by atoms with Gasteiger partial charge in [-0.05, 0) is 48.9 Å². The largest absolute Gasteiger partial charge is 0.453 e. The standard InChI is InChI=1S/C17H17Cl2N3O3/c1-10(14-8-3-11(18)9-15(14)19)20-16(23)21-12-4-6-13(7-5-12)22-17(24)25-2/h3-10H,1-2H3,(H,22,24)(H2,20,21,23). The molecule has 0 aliphatic rings. The number of methoxy groups -OCH3 is 1. The summed E-state index contributed by atoms with van der Waals surface area (Å²) in [6.45, 7) is 1.82. The van der Waals surface area contributed by atoms with Crippen molar-refractivity contribution in [3.05, 3.63) is 58.1 Å². The van der Waals surface area contributed by atoms with E-state index in [9.17, 15) is 9.59 Å². The Labute approximate surface area is 155 Å². The molecule has 8 heteroatoms. The Hall–Kier alpha value is -2.44. The van der Waals surface area contributed by atoms with Crippen molar-refractivity contribution in [1.82, 2.24) is 5.32 Å². The van der Waals surface area contributed by atoms with E-state index in [4.69, 9.17) is 23.2 Å². The molecule has 2 aromatic rings. The van der Waals surface area contributed by atoms with Crippen molar-refractivity contribution in [1.29, 1.82) is 0 Å². The van der Waals surface area contributed by atoms with E-state index in [0.29, 0.717) is 21.4 Å². The lowest BCUT2D eigenvalue weighted by molar-refractivity contribution is 0.187. The number of rotatable bonds is 4. The van der Waals surface area contributed by atoms with Crippen LogP contribution >= 0.6 is 23.2 Å². The van der Waals surface area contributed by atoms with E-state index in [2.05, 4.69) is 20.7 Å². The zero-order valence-electron chi connectivity index (χ0n) is 13.6. The Morgan fingerprint density at radius 1 is 1.00 bits per heavy atom. The van der Waals surface area contributed by atoms with Crippen LogP contribution < -0.4 is 16.0 Å². The first kappa shape index (κ1) is 18.9. The Morgan fingerprint density at radius 2 is 1.60 bits per heavy atom. The van der Waals surface area contributed by atoms with E-state index in [1.165, 1.54) is 7.11 Å². The molecular formula is C17H17Cl2N3O3. The maximum atomic E-state index is 12.1. The topological polar surface area (TPSA) is 79.5 Å². The predicted octanol–water partition coefficient (Wildman–Crippen LogP) is 5.05. The number of halogens is 2. The van der Waals surface area contributed by atoms with Gasteiger partial charge in [-0.3, -0.25) is 5.32 Å². The van der Waals surface area contributed by atoms with Crippen molar-refractivity contribution in [2.45, 2.75) is 13.0 Å². The summed E-state index contributed by atoms with van der Waals surface area (Å²) in [5.41, 5.74) is 1.89. The van der Waals surface area contributed by atoms with Crippen LogP contribution in [0.2, 0.25) is 10.0 Å². The number of anilines is 2. The van der Waals surface area contributed by atoms with Crippen LogP contribution in [0.3, 0.4) is 0 Å². The van der Waals surface area contributed by atoms with Crippen molar-refractivity contribution < 1.29 is 14.3 Å². The number of ether oxygens (including phenoxy) is 1. The number of amides is 3. The number of nitrogens with one attached hydrogen (secondary N) is 3. The highest BCUT2D eigenvalue weighted by Gasteiger charge is 2.13. The van der Waals surface area contributed by atoms with Gasteiger partial charge in [0.25, 0.3) is 0 Å². The normalized spacial score (nSPS) is 11.4. The summed E-state index contributed by atoms with van der Waals surface area (Å²) < 4.78 is 4.50. The summed E-state index contributed by atoms with van der Waals surface area (Å²) in [5, 5.41) is 9.04. The summed E-state index contributed by atoms with van der Waals surface area (Å²) in [4.78, 5) is 23.2. The van der Waals surface area contributed by atoms with E-state index in [-0.39, 0.29) is 12.1 Å². The Bertz CT molecular complexity index is 766. The summed E-state index contributed by atoms with van der Waals surface area (Å²) in [6.07, 6.45) is -0.563. The predicted molar refractivity (Wildman–Crippen MR) is 99.5 cm³/mol. The van der Waals surface area contributed by atoms with Crippen LogP contribution in [0.4, 0.5) is 21.0 Å². The van der Waals surface area contributed by atoms with Gasteiger partial charge in [-0.2, -0.15) is 0 Å². The molecule has 0 radical (unpaired) electrons. The first-order valence-corrected chi connectivity index (χ1v) is 8.12. The quantitative estimate of drug-likeness (QED) is 0.692. The monoisotopic (exact) mass is 381 g/mol. The average molecular weight is 382 g/mol. The Morgan fingerprint density at radius 3 is 2.16 bits per heavy atom. The number of hydrogen-bond acceptors (Lipinski definition) is 3. The van der Waals surface area contributed by atoms with Crippen LogP contribution in [0, 0.1) is 0 Å². The first-order chi connectivity index (χ1) is 11.9. The zero-order valence-corrected chi connectivity index (χ0v) is 15.1. The second-order valence-corrected chi connectivity index (χ2v) is 6.02. The highest BCUT2D eigenvalue weighted by Crippen LogP contribution is 2.26. The summed E-state index contributed by atoms with van der Waals surface area (Å²) in [5.74, 6) is 0. The van der Waals surface area contributed by atoms with Crippen molar-refractivity contribution in [2.24, 2.45) is 0 Å². The first-order valence-electron chi connectivity index (χ1n) is 7.36. The van der Waals surface area contributed by atoms with Gasteiger partial charge in [0.1, 0.15) is 0 Å². The van der Waals surface area contributed by atoms with Crippen LogP contribution in [-0.2, 0) is 4.74 Å². The molecule has 0 aliphatic heterocycles. The minimum absolute atomic E-state index is 0.301. The number of carbonyl (C=O) groups excluding carboxylic acids is 2. The molecule has 0 fully saturated rings. The van der Waals surface area contributed by atoms with Crippen molar-refractivity contribution in [2.75, 3.05) is 17.7 Å². The smallest absolute Gasteiger partial charge is 0.411 e. The molecule has 3 N–H and O–H groups in total. The van der Waals surface area contributed by atoms with E-state index >= 15 is 0 Å². The van der Waals surface area contributed by atoms with Gasteiger partial charge in [0.2, 0.25) is 0 Å². The van der Waals surface area contributed by atoms with E-state index in [1.54, 1.807) is 42.5 Å². The van der Waals surface area contributed by atoms with Crippen LogP contribution in [0.25, 0.3) is 0 Å². The summed E-state index contributed by atoms with van der Waals surface area (Å²) in [7, 11) is 1.28. The Kier molecular flexibility index (Phi) is 6.50. The molecule has 0 saturated carbocycles. The molecule has 0 bridgehead atoms. The lowest BCUT2D eigenvalue weighted by Gasteiger charge is -2.16. The molecule has 25 heavy (non-hydrogen) atoms. The van der Waals surface area contributed by atoms with Crippen LogP contribution in [0.5, 0.6) is 0 Å². The fourth-order valence-corrected chi connectivity index (χ4v) is 2.67. The number of hydrogen-bond donors (Lipinski definition) is 3. The van der Waals surface area contributed by atoms with Gasteiger partial charge >= 0.3 is 12.1 Å². The van der Waals surface area contributed by atoms with Crippen LogP contribution in [0.15, 0.2) is 42.5 Å². The highest BCUT2D eigenvalue weighted by atomic mass is 35.5. The van der Waals surface area contributed by atoms with Crippen molar-refractivity contribution >= 4 is 46.7 Å². The fraction of sp³-hybridized carbons (Fsp3) is 0.176. The molecule has 2 rings (SSSR count). The van der Waals surface area contributed by atoms with Gasteiger partial charge in [-0.15, -0.1) is 0 Å². The molecule has 0 saturated heterocycles. The molecule has 0 spiro atoms. The third kappa shape index (κ3) is 5.55. The molecular weight excluding hydrogens is 365 g/mol.